The van der Waals surface area contributed by atoms with Gasteiger partial charge in [0.2, 0.25) is 5.91 Å². The Balaban J connectivity index is 1.98. The van der Waals surface area contributed by atoms with Crippen molar-refractivity contribution in [3.05, 3.63) is 28.3 Å². The molecule has 7 heteroatoms. The van der Waals surface area contributed by atoms with Crippen LogP contribution in [-0.4, -0.2) is 28.5 Å². The molecule has 3 N–H and O–H groups in total. The van der Waals surface area contributed by atoms with Gasteiger partial charge in [0.05, 0.1) is 16.7 Å². The van der Waals surface area contributed by atoms with E-state index >= 15 is 0 Å². The van der Waals surface area contributed by atoms with Crippen LogP contribution >= 0.6 is 0 Å². The van der Waals surface area contributed by atoms with Crippen LogP contribution in [-0.2, 0) is 4.79 Å². The van der Waals surface area contributed by atoms with E-state index in [4.69, 9.17) is 0 Å². The summed E-state index contributed by atoms with van der Waals surface area (Å²) in [5.41, 5.74) is -0.0263. The number of nitrogens with zero attached hydrogens (tertiary/aromatic N) is 1. The lowest BCUT2D eigenvalue weighted by Gasteiger charge is -2.11. The number of anilines is 1. The van der Waals surface area contributed by atoms with Crippen molar-refractivity contribution in [3.8, 4) is 5.75 Å². The van der Waals surface area contributed by atoms with Gasteiger partial charge < -0.3 is 15.7 Å². The molecule has 1 unspecified atom stereocenters. The normalized spacial score (nSPS) is 18.2. The number of carbonyl (C=O) groups excluding carboxylic acids is 1. The van der Waals surface area contributed by atoms with E-state index in [9.17, 15) is 20.0 Å². The molecule has 1 heterocycles. The number of benzene rings is 1. The maximum absolute atomic E-state index is 11.7. The molecule has 7 nitrogen and oxygen atoms in total. The third-order valence-corrected chi connectivity index (χ3v) is 3.06. The van der Waals surface area contributed by atoms with Crippen molar-refractivity contribution in [2.45, 2.75) is 25.3 Å². The van der Waals surface area contributed by atoms with Crippen LogP contribution in [0.25, 0.3) is 0 Å². The van der Waals surface area contributed by atoms with Crippen LogP contribution in [0.15, 0.2) is 18.2 Å². The quantitative estimate of drug-likeness (QED) is 0.433. The lowest BCUT2D eigenvalue weighted by atomic mass is 10.1. The summed E-state index contributed by atoms with van der Waals surface area (Å²) in [5.74, 6) is -0.523. The van der Waals surface area contributed by atoms with Crippen LogP contribution in [0.5, 0.6) is 5.75 Å². The van der Waals surface area contributed by atoms with Crippen LogP contribution < -0.4 is 10.6 Å². The number of hydrogen-bond donors (Lipinski definition) is 3. The van der Waals surface area contributed by atoms with Crippen molar-refractivity contribution in [1.29, 1.82) is 0 Å². The van der Waals surface area contributed by atoms with Crippen molar-refractivity contribution in [2.24, 2.45) is 0 Å². The molecule has 0 aliphatic carbocycles. The minimum absolute atomic E-state index is 0.167. The molecule has 1 amide bonds. The Bertz CT molecular complexity index is 498. The van der Waals surface area contributed by atoms with Crippen molar-refractivity contribution in [2.75, 3.05) is 11.9 Å². The van der Waals surface area contributed by atoms with E-state index in [-0.39, 0.29) is 29.1 Å². The van der Waals surface area contributed by atoms with E-state index in [0.717, 1.165) is 25.5 Å². The van der Waals surface area contributed by atoms with Gasteiger partial charge in [-0.1, -0.05) is 0 Å². The standard InChI is InChI=1S/C12H15N3O4/c16-11-7-9(15(18)19)3-4-10(11)14-12(17)6-8-2-1-5-13-8/h3-4,7-8,13,16H,1-2,5-6H2,(H,14,17). The molecule has 0 aromatic heterocycles. The molecule has 1 aromatic carbocycles. The Morgan fingerprint density at radius 1 is 1.58 bits per heavy atom. The number of hydrogen-bond acceptors (Lipinski definition) is 5. The zero-order valence-corrected chi connectivity index (χ0v) is 10.3. The third-order valence-electron chi connectivity index (χ3n) is 3.06. The SMILES string of the molecule is O=C(CC1CCCN1)Nc1ccc([N+](=O)[O-])cc1O. The topological polar surface area (TPSA) is 104 Å². The Morgan fingerprint density at radius 2 is 2.37 bits per heavy atom. The first kappa shape index (κ1) is 13.3. The number of phenolic OH excluding ortho intramolecular Hbond substituents is 1. The number of nitro groups is 1. The zero-order valence-electron chi connectivity index (χ0n) is 10.3. The van der Waals surface area contributed by atoms with Gasteiger partial charge in [-0.05, 0) is 25.5 Å². The fourth-order valence-corrected chi connectivity index (χ4v) is 2.10. The number of rotatable bonds is 4. The van der Waals surface area contributed by atoms with Crippen LogP contribution in [0, 0.1) is 10.1 Å². The molecule has 0 spiro atoms. The number of carbonyl (C=O) groups is 1. The van der Waals surface area contributed by atoms with Gasteiger partial charge in [-0.2, -0.15) is 0 Å². The predicted octanol–water partition coefficient (Wildman–Crippen LogP) is 1.38. The molecule has 102 valence electrons. The van der Waals surface area contributed by atoms with Crippen LogP contribution in [0.1, 0.15) is 19.3 Å². The van der Waals surface area contributed by atoms with Crippen molar-refractivity contribution >= 4 is 17.3 Å². The summed E-state index contributed by atoms with van der Waals surface area (Å²) in [6.45, 7) is 0.917. The molecule has 0 bridgehead atoms. The second-order valence-electron chi connectivity index (χ2n) is 4.50. The first-order valence-corrected chi connectivity index (χ1v) is 6.07. The average molecular weight is 265 g/mol. The molecule has 1 saturated heterocycles. The summed E-state index contributed by atoms with van der Waals surface area (Å²) in [5, 5.41) is 25.9. The van der Waals surface area contributed by atoms with Crippen molar-refractivity contribution in [3.63, 3.8) is 0 Å². The molecule has 1 atom stereocenters. The van der Waals surface area contributed by atoms with Gasteiger partial charge in [-0.3, -0.25) is 14.9 Å². The second-order valence-corrected chi connectivity index (χ2v) is 4.50. The fourth-order valence-electron chi connectivity index (χ4n) is 2.10. The maximum atomic E-state index is 11.7. The second kappa shape index (κ2) is 5.66. The molecule has 1 aliphatic rings. The fraction of sp³-hybridized carbons (Fsp3) is 0.417. The van der Waals surface area contributed by atoms with E-state index in [1.165, 1.54) is 12.1 Å². The van der Waals surface area contributed by atoms with E-state index in [1.807, 2.05) is 0 Å². The Morgan fingerprint density at radius 3 is 2.95 bits per heavy atom. The Hall–Kier alpha value is -2.15. The first-order valence-electron chi connectivity index (χ1n) is 6.07. The molecular formula is C12H15N3O4. The van der Waals surface area contributed by atoms with Crippen LogP contribution in [0.2, 0.25) is 0 Å². The van der Waals surface area contributed by atoms with E-state index in [0.29, 0.717) is 6.42 Å². The van der Waals surface area contributed by atoms with Gasteiger partial charge in [-0.15, -0.1) is 0 Å². The summed E-state index contributed by atoms with van der Waals surface area (Å²) in [6, 6.07) is 3.75. The molecule has 1 aromatic rings. The molecule has 1 aliphatic heterocycles. The minimum atomic E-state index is -0.603. The van der Waals surface area contributed by atoms with E-state index in [2.05, 4.69) is 10.6 Å². The highest BCUT2D eigenvalue weighted by Crippen LogP contribution is 2.28. The highest BCUT2D eigenvalue weighted by molar-refractivity contribution is 5.92. The van der Waals surface area contributed by atoms with E-state index < -0.39 is 4.92 Å². The van der Waals surface area contributed by atoms with Gasteiger partial charge >= 0.3 is 0 Å². The number of amides is 1. The predicted molar refractivity (Wildman–Crippen MR) is 69.0 cm³/mol. The van der Waals surface area contributed by atoms with Gasteiger partial charge in [0, 0.05) is 18.5 Å². The Labute approximate surface area is 109 Å². The van der Waals surface area contributed by atoms with Gasteiger partial charge in [0.1, 0.15) is 5.75 Å². The summed E-state index contributed by atoms with van der Waals surface area (Å²) in [4.78, 5) is 21.7. The molecule has 2 rings (SSSR count). The van der Waals surface area contributed by atoms with Gasteiger partial charge in [-0.25, -0.2) is 0 Å². The first-order chi connectivity index (χ1) is 9.06. The highest BCUT2D eigenvalue weighted by Gasteiger charge is 2.18. The van der Waals surface area contributed by atoms with Crippen LogP contribution in [0.3, 0.4) is 0 Å². The molecule has 19 heavy (non-hydrogen) atoms. The average Bonchev–Trinajstić information content (AvgIpc) is 2.84. The number of phenols is 1. The van der Waals surface area contributed by atoms with Gasteiger partial charge in [0.25, 0.3) is 5.69 Å². The van der Waals surface area contributed by atoms with Gasteiger partial charge in [0.15, 0.2) is 0 Å². The smallest absolute Gasteiger partial charge is 0.273 e. The summed E-state index contributed by atoms with van der Waals surface area (Å²) >= 11 is 0. The monoisotopic (exact) mass is 265 g/mol. The number of nitro benzene ring substituents is 1. The zero-order chi connectivity index (χ0) is 13.8. The number of non-ortho nitro benzene ring substituents is 1. The van der Waals surface area contributed by atoms with Crippen molar-refractivity contribution < 1.29 is 14.8 Å². The number of aromatic hydroxyl groups is 1. The summed E-state index contributed by atoms with van der Waals surface area (Å²) in [7, 11) is 0. The lowest BCUT2D eigenvalue weighted by molar-refractivity contribution is -0.384. The minimum Gasteiger partial charge on any atom is -0.506 e. The largest absolute Gasteiger partial charge is 0.506 e. The number of nitrogens with one attached hydrogen (secondary N) is 2. The summed E-state index contributed by atoms with van der Waals surface area (Å²) in [6.07, 6.45) is 2.34. The highest BCUT2D eigenvalue weighted by atomic mass is 16.6. The molecule has 1 fully saturated rings. The van der Waals surface area contributed by atoms with Crippen LogP contribution in [0.4, 0.5) is 11.4 Å². The summed E-state index contributed by atoms with van der Waals surface area (Å²) < 4.78 is 0. The molecule has 0 radical (unpaired) electrons. The van der Waals surface area contributed by atoms with Crippen molar-refractivity contribution in [1.82, 2.24) is 5.32 Å². The van der Waals surface area contributed by atoms with E-state index in [1.54, 1.807) is 0 Å². The molecular weight excluding hydrogens is 250 g/mol. The maximum Gasteiger partial charge on any atom is 0.273 e. The Kier molecular flexibility index (Phi) is 3.96. The molecule has 0 saturated carbocycles. The third kappa shape index (κ3) is 3.41. The lowest BCUT2D eigenvalue weighted by Crippen LogP contribution is -2.27.